The highest BCUT2D eigenvalue weighted by Gasteiger charge is 2.38. The van der Waals surface area contributed by atoms with Gasteiger partial charge in [0.15, 0.2) is 0 Å². The Morgan fingerprint density at radius 1 is 1.08 bits per heavy atom. The number of hydrogen-bond acceptors (Lipinski definition) is 4. The van der Waals surface area contributed by atoms with Gasteiger partial charge in [-0.05, 0) is 24.6 Å². The van der Waals surface area contributed by atoms with Gasteiger partial charge in [-0.3, -0.25) is 4.90 Å². The molecule has 0 bridgehead atoms. The Morgan fingerprint density at radius 2 is 1.56 bits per heavy atom. The number of ether oxygens (including phenoxy) is 2. The van der Waals surface area contributed by atoms with Crippen molar-refractivity contribution in [2.24, 2.45) is 0 Å². The average molecular weight is 405 g/mol. The number of aryl methyl sites for hydroxylation is 1. The highest BCUT2D eigenvalue weighted by Crippen LogP contribution is 2.43. The number of alkyl halides is 3. The molecule has 146 valence electrons. The SMILES string of the molecule is COc1cc(C)cc(OC)c1[C@@H](CC(F)(F)F)N1CCNCC1.Cl.Cl. The molecule has 9 heteroatoms. The average Bonchev–Trinajstić information content (AvgIpc) is 2.52. The van der Waals surface area contributed by atoms with Crippen LogP contribution >= 0.6 is 24.8 Å². The van der Waals surface area contributed by atoms with Crippen LogP contribution in [0.3, 0.4) is 0 Å². The Kier molecular flexibility index (Phi) is 9.94. The lowest BCUT2D eigenvalue weighted by atomic mass is 9.97. The van der Waals surface area contributed by atoms with Crippen molar-refractivity contribution in [3.63, 3.8) is 0 Å². The Bertz CT molecular complexity index is 514. The number of rotatable bonds is 5. The summed E-state index contributed by atoms with van der Waals surface area (Å²) in [6, 6.07) is 2.69. The smallest absolute Gasteiger partial charge is 0.390 e. The molecule has 1 fully saturated rings. The molecule has 25 heavy (non-hydrogen) atoms. The van der Waals surface area contributed by atoms with Crippen LogP contribution in [0.5, 0.6) is 11.5 Å². The van der Waals surface area contributed by atoms with E-state index in [1.54, 1.807) is 12.1 Å². The summed E-state index contributed by atoms with van der Waals surface area (Å²) >= 11 is 0. The number of halogens is 5. The van der Waals surface area contributed by atoms with E-state index in [9.17, 15) is 13.2 Å². The van der Waals surface area contributed by atoms with E-state index in [0.717, 1.165) is 5.56 Å². The van der Waals surface area contributed by atoms with Crippen LogP contribution < -0.4 is 14.8 Å². The van der Waals surface area contributed by atoms with Gasteiger partial charge >= 0.3 is 6.18 Å². The number of piperazine rings is 1. The molecule has 4 nitrogen and oxygen atoms in total. The third kappa shape index (κ3) is 6.40. The molecule has 0 aromatic heterocycles. The lowest BCUT2D eigenvalue weighted by Gasteiger charge is -2.36. The molecule has 1 aliphatic rings. The first-order chi connectivity index (χ1) is 10.9. The summed E-state index contributed by atoms with van der Waals surface area (Å²) in [6.45, 7) is 4.32. The predicted octanol–water partition coefficient (Wildman–Crippen LogP) is 3.75. The minimum Gasteiger partial charge on any atom is -0.496 e. The van der Waals surface area contributed by atoms with E-state index in [2.05, 4.69) is 5.32 Å². The normalized spacial score (nSPS) is 16.4. The maximum Gasteiger partial charge on any atom is 0.390 e. The molecule has 0 amide bonds. The molecular formula is C16H25Cl2F3N2O2. The molecule has 0 aliphatic carbocycles. The number of benzene rings is 1. The zero-order valence-corrected chi connectivity index (χ0v) is 16.1. The van der Waals surface area contributed by atoms with Crippen LogP contribution in [-0.2, 0) is 0 Å². The number of nitrogens with zero attached hydrogens (tertiary/aromatic N) is 1. The zero-order valence-electron chi connectivity index (χ0n) is 14.5. The number of nitrogens with one attached hydrogen (secondary N) is 1. The fraction of sp³-hybridized carbons (Fsp3) is 0.625. The molecular weight excluding hydrogens is 380 g/mol. The van der Waals surface area contributed by atoms with Gasteiger partial charge in [-0.1, -0.05) is 0 Å². The van der Waals surface area contributed by atoms with Crippen molar-refractivity contribution < 1.29 is 22.6 Å². The number of hydrogen-bond donors (Lipinski definition) is 1. The van der Waals surface area contributed by atoms with Gasteiger partial charge in [0.1, 0.15) is 11.5 Å². The van der Waals surface area contributed by atoms with E-state index in [4.69, 9.17) is 9.47 Å². The third-order valence-electron chi connectivity index (χ3n) is 4.04. The van der Waals surface area contributed by atoms with Crippen LogP contribution in [-0.4, -0.2) is 51.5 Å². The van der Waals surface area contributed by atoms with Gasteiger partial charge < -0.3 is 14.8 Å². The summed E-state index contributed by atoms with van der Waals surface area (Å²) in [5.41, 5.74) is 1.35. The van der Waals surface area contributed by atoms with E-state index in [1.165, 1.54) is 14.2 Å². The van der Waals surface area contributed by atoms with Gasteiger partial charge in [-0.15, -0.1) is 24.8 Å². The van der Waals surface area contributed by atoms with Crippen LogP contribution in [0.15, 0.2) is 12.1 Å². The second-order valence-electron chi connectivity index (χ2n) is 5.70. The summed E-state index contributed by atoms with van der Waals surface area (Å²) in [5, 5.41) is 3.16. The summed E-state index contributed by atoms with van der Waals surface area (Å²) < 4.78 is 50.2. The van der Waals surface area contributed by atoms with Crippen molar-refractivity contribution in [2.75, 3.05) is 40.4 Å². The zero-order chi connectivity index (χ0) is 17.0. The molecule has 0 unspecified atom stereocenters. The standard InChI is InChI=1S/C16H23F3N2O2.2ClH/c1-11-8-13(22-2)15(14(9-11)23-3)12(10-16(17,18)19)21-6-4-20-5-7-21;;/h8-9,12,20H,4-7,10H2,1-3H3;2*1H/t12-;;/m1../s1. The first-order valence-corrected chi connectivity index (χ1v) is 7.59. The van der Waals surface area contributed by atoms with Gasteiger partial charge in [0, 0.05) is 26.2 Å². The molecule has 0 radical (unpaired) electrons. The summed E-state index contributed by atoms with van der Waals surface area (Å²) in [5.74, 6) is 0.879. The van der Waals surface area contributed by atoms with Crippen LogP contribution in [0.25, 0.3) is 0 Å². The lowest BCUT2D eigenvalue weighted by Crippen LogP contribution is -2.46. The second-order valence-corrected chi connectivity index (χ2v) is 5.70. The summed E-state index contributed by atoms with van der Waals surface area (Å²) in [7, 11) is 2.94. The largest absolute Gasteiger partial charge is 0.496 e. The molecule has 1 atom stereocenters. The molecule has 1 saturated heterocycles. The molecule has 1 aromatic carbocycles. The fourth-order valence-corrected chi connectivity index (χ4v) is 3.03. The Morgan fingerprint density at radius 3 is 1.96 bits per heavy atom. The van der Waals surface area contributed by atoms with E-state index < -0.39 is 18.6 Å². The van der Waals surface area contributed by atoms with Gasteiger partial charge in [0.25, 0.3) is 0 Å². The third-order valence-corrected chi connectivity index (χ3v) is 4.04. The minimum absolute atomic E-state index is 0. The summed E-state index contributed by atoms with van der Waals surface area (Å²) in [4.78, 5) is 1.85. The quantitative estimate of drug-likeness (QED) is 0.809. The highest BCUT2D eigenvalue weighted by atomic mass is 35.5. The van der Waals surface area contributed by atoms with Gasteiger partial charge in [0.05, 0.1) is 32.2 Å². The molecule has 1 aliphatic heterocycles. The number of methoxy groups -OCH3 is 2. The first-order valence-electron chi connectivity index (χ1n) is 7.59. The summed E-state index contributed by atoms with van der Waals surface area (Å²) in [6.07, 6.45) is -5.20. The van der Waals surface area contributed by atoms with Crippen molar-refractivity contribution in [3.8, 4) is 11.5 Å². The maximum absolute atomic E-state index is 13.2. The Labute approximate surface area is 158 Å². The highest BCUT2D eigenvalue weighted by molar-refractivity contribution is 5.85. The Balaban J connectivity index is 0.00000288. The van der Waals surface area contributed by atoms with Crippen molar-refractivity contribution in [3.05, 3.63) is 23.3 Å². The lowest BCUT2D eigenvalue weighted by molar-refractivity contribution is -0.149. The molecule has 0 spiro atoms. The van der Waals surface area contributed by atoms with Gasteiger partial charge in [0.2, 0.25) is 0 Å². The van der Waals surface area contributed by atoms with E-state index in [1.807, 2.05) is 11.8 Å². The Hall–Kier alpha value is -0.890. The predicted molar refractivity (Wildman–Crippen MR) is 96.6 cm³/mol. The van der Waals surface area contributed by atoms with Gasteiger partial charge in [-0.25, -0.2) is 0 Å². The molecule has 1 heterocycles. The maximum atomic E-state index is 13.2. The van der Waals surface area contributed by atoms with Crippen molar-refractivity contribution in [1.29, 1.82) is 0 Å². The molecule has 1 N–H and O–H groups in total. The van der Waals surface area contributed by atoms with E-state index in [-0.39, 0.29) is 24.8 Å². The van der Waals surface area contributed by atoms with Crippen molar-refractivity contribution >= 4 is 24.8 Å². The monoisotopic (exact) mass is 404 g/mol. The van der Waals surface area contributed by atoms with E-state index in [0.29, 0.717) is 43.2 Å². The topological polar surface area (TPSA) is 33.7 Å². The van der Waals surface area contributed by atoms with Crippen LogP contribution in [0.1, 0.15) is 23.6 Å². The molecule has 0 saturated carbocycles. The van der Waals surface area contributed by atoms with Crippen LogP contribution in [0, 0.1) is 6.92 Å². The fourth-order valence-electron chi connectivity index (χ4n) is 3.03. The van der Waals surface area contributed by atoms with Crippen LogP contribution in [0.4, 0.5) is 13.2 Å². The van der Waals surface area contributed by atoms with Crippen molar-refractivity contribution in [1.82, 2.24) is 10.2 Å². The first kappa shape index (κ1) is 24.1. The van der Waals surface area contributed by atoms with E-state index >= 15 is 0 Å². The second kappa shape index (κ2) is 10.3. The van der Waals surface area contributed by atoms with Crippen LogP contribution in [0.2, 0.25) is 0 Å². The van der Waals surface area contributed by atoms with Crippen molar-refractivity contribution in [2.45, 2.75) is 25.6 Å². The molecule has 2 rings (SSSR count). The minimum atomic E-state index is -4.27. The molecule has 1 aromatic rings. The van der Waals surface area contributed by atoms with Gasteiger partial charge in [-0.2, -0.15) is 13.2 Å².